The summed E-state index contributed by atoms with van der Waals surface area (Å²) in [6.45, 7) is 3.26. The number of nitrogen functional groups attached to an aromatic ring is 2. The number of rotatable bonds is 21. The lowest BCUT2D eigenvalue weighted by Gasteiger charge is -2.26. The number of amides is 1. The number of esters is 1. The number of unbranched alkanes of at least 4 members (excludes halogenated alkanes) is 1. The van der Waals surface area contributed by atoms with Crippen molar-refractivity contribution in [1.82, 2.24) is 44.1 Å². The molecule has 30 nitrogen and oxygen atoms in total. The Hall–Kier alpha value is -5.27. The van der Waals surface area contributed by atoms with E-state index in [1.807, 2.05) is 0 Å². The average molecular weight is 1020 g/mol. The number of nitrogens with zero attached hydrogens (tertiary/aromatic N) is 8. The van der Waals surface area contributed by atoms with E-state index in [-0.39, 0.29) is 59.3 Å². The maximum absolute atomic E-state index is 14.0. The van der Waals surface area contributed by atoms with Crippen molar-refractivity contribution < 1.29 is 75.9 Å². The third kappa shape index (κ3) is 13.9. The number of nitrogens with two attached hydrogens (primary N) is 2. The number of nitrogens with one attached hydrogen (secondary N) is 2. The molecule has 0 spiro atoms. The molecule has 68 heavy (non-hydrogen) atoms. The lowest BCUT2D eigenvalue weighted by molar-refractivity contribution is -0.388. The number of pyridine rings is 1. The zero-order valence-electron chi connectivity index (χ0n) is 36.1. The number of fused-ring (bicyclic) bond motifs is 1. The van der Waals surface area contributed by atoms with Gasteiger partial charge in [0.1, 0.15) is 59.9 Å². The van der Waals surface area contributed by atoms with Crippen LogP contribution in [0.3, 0.4) is 0 Å². The molecule has 33 heteroatoms. The van der Waals surface area contributed by atoms with E-state index in [9.17, 15) is 53.4 Å². The van der Waals surface area contributed by atoms with Gasteiger partial charge in [-0.2, -0.15) is 4.98 Å². The molecule has 0 radical (unpaired) electrons. The van der Waals surface area contributed by atoms with Crippen molar-refractivity contribution in [1.29, 1.82) is 0 Å². The first kappa shape index (κ1) is 52.1. The largest absolute Gasteiger partial charge is 0.472 e. The highest BCUT2D eigenvalue weighted by molar-refractivity contribution is 7.97. The lowest BCUT2D eigenvalue weighted by Crippen LogP contribution is -2.47. The molecule has 372 valence electrons. The first-order chi connectivity index (χ1) is 32.0. The fourth-order valence-corrected chi connectivity index (χ4v) is 8.83. The predicted molar refractivity (Wildman–Crippen MR) is 231 cm³/mol. The quantitative estimate of drug-likeness (QED) is 0.0144. The van der Waals surface area contributed by atoms with Crippen LogP contribution in [0.4, 0.5) is 22.1 Å². The van der Waals surface area contributed by atoms with Crippen LogP contribution in [0.5, 0.6) is 0 Å². The number of aliphatic hydroxyl groups is 1. The summed E-state index contributed by atoms with van der Waals surface area (Å²) in [6, 6.07) is 2.58. The minimum atomic E-state index is -5.28. The number of hydrogen-bond donors (Lipinski definition) is 8. The summed E-state index contributed by atoms with van der Waals surface area (Å²) in [5.41, 5.74) is 9.67. The zero-order valence-corrected chi connectivity index (χ0v) is 38.8. The smallest absolute Gasteiger partial charge is 0.455 e. The van der Waals surface area contributed by atoms with E-state index >= 15 is 0 Å². The number of phosphoric ester groups is 2. The number of imidazole rings is 1. The number of alkyl carbamates (subject to hydrolysis) is 1. The Bertz CT molecular complexity index is 2600. The molecular weight excluding hydrogens is 970 g/mol. The van der Waals surface area contributed by atoms with Gasteiger partial charge < -0.3 is 55.5 Å². The molecule has 1 amide bonds. The number of nitro groups is 1. The van der Waals surface area contributed by atoms with E-state index in [4.69, 9.17) is 39.5 Å². The zero-order chi connectivity index (χ0) is 49.6. The predicted octanol–water partition coefficient (Wildman–Crippen LogP) is 0.980. The average Bonchev–Trinajstić information content (AvgIpc) is 3.94. The normalized spacial score (nSPS) is 23.2. The number of aromatic nitrogens is 7. The third-order valence-corrected chi connectivity index (χ3v) is 12.1. The van der Waals surface area contributed by atoms with Crippen molar-refractivity contribution in [2.45, 2.75) is 106 Å². The second kappa shape index (κ2) is 22.0. The first-order valence-electron chi connectivity index (χ1n) is 20.3. The molecule has 6 rings (SSSR count). The Morgan fingerprint density at radius 2 is 1.81 bits per heavy atom. The van der Waals surface area contributed by atoms with Gasteiger partial charge in [-0.25, -0.2) is 43.4 Å². The van der Waals surface area contributed by atoms with Gasteiger partial charge in [0, 0.05) is 31.4 Å². The van der Waals surface area contributed by atoms with Gasteiger partial charge in [-0.3, -0.25) is 37.5 Å². The second-order valence-corrected chi connectivity index (χ2v) is 19.4. The van der Waals surface area contributed by atoms with Crippen LogP contribution < -0.4 is 27.2 Å². The van der Waals surface area contributed by atoms with Crippen molar-refractivity contribution in [3.63, 3.8) is 0 Å². The summed E-state index contributed by atoms with van der Waals surface area (Å²) >= 11 is 0.933. The molecule has 0 saturated carbocycles. The number of ether oxygens (including phenoxy) is 4. The van der Waals surface area contributed by atoms with Crippen LogP contribution in [0.25, 0.3) is 11.2 Å². The minimum absolute atomic E-state index is 0.0227. The molecule has 10 N–H and O–H groups in total. The van der Waals surface area contributed by atoms with Gasteiger partial charge in [0.15, 0.2) is 28.8 Å². The maximum atomic E-state index is 14.0. The SMILES string of the molecule is CC(C)(C)OC(=O)NC(CCCCNSc1ncccc1[N+](=O)[O-])C(=O)O[C@H]1[C@@H](O)[C@H](n2cnc3c(N)ncnc32)O[C@@H]1COP(=O)(O)O[C@H]1C[C@H](n2ccc(N)nc2=O)O[C@@H]1COP(=O)(O)O. The van der Waals surface area contributed by atoms with E-state index in [1.165, 1.54) is 41.5 Å². The Balaban J connectivity index is 1.19. The van der Waals surface area contributed by atoms with Gasteiger partial charge in [-0.15, -0.1) is 0 Å². The molecule has 2 aliphatic heterocycles. The third-order valence-electron chi connectivity index (χ3n) is 9.76. The summed E-state index contributed by atoms with van der Waals surface area (Å²) in [5.74, 6) is -1.24. The van der Waals surface area contributed by atoms with E-state index in [1.54, 1.807) is 20.8 Å². The summed E-state index contributed by atoms with van der Waals surface area (Å²) in [6.07, 6.45) is -6.65. The molecule has 0 aliphatic carbocycles. The number of hydrogen-bond acceptors (Lipinski definition) is 24. The van der Waals surface area contributed by atoms with Crippen molar-refractivity contribution in [3.05, 3.63) is 63.8 Å². The van der Waals surface area contributed by atoms with Crippen molar-refractivity contribution >= 4 is 68.1 Å². The first-order valence-corrected chi connectivity index (χ1v) is 24.1. The molecular formula is C35H48N12O18P2S. The van der Waals surface area contributed by atoms with Crippen molar-refractivity contribution in [2.24, 2.45) is 0 Å². The highest BCUT2D eigenvalue weighted by Crippen LogP contribution is 2.50. The molecule has 6 heterocycles. The van der Waals surface area contributed by atoms with Crippen LogP contribution in [0.2, 0.25) is 0 Å². The van der Waals surface area contributed by atoms with Crippen LogP contribution in [-0.2, 0) is 46.4 Å². The molecule has 4 aromatic heterocycles. The van der Waals surface area contributed by atoms with Gasteiger partial charge in [-0.05, 0) is 64.1 Å². The Kier molecular flexibility index (Phi) is 16.9. The van der Waals surface area contributed by atoms with Crippen molar-refractivity contribution in [3.8, 4) is 0 Å². The van der Waals surface area contributed by atoms with Crippen LogP contribution >= 0.6 is 27.6 Å². The Morgan fingerprint density at radius 1 is 1.06 bits per heavy atom. The molecule has 9 atom stereocenters. The number of phosphoric acid groups is 2. The monoisotopic (exact) mass is 1020 g/mol. The van der Waals surface area contributed by atoms with Gasteiger partial charge in [0.25, 0.3) is 0 Å². The van der Waals surface area contributed by atoms with E-state index in [2.05, 4.69) is 39.5 Å². The fourth-order valence-electron chi connectivity index (χ4n) is 6.78. The summed E-state index contributed by atoms with van der Waals surface area (Å²) in [7, 11) is -10.4. The molecule has 0 aromatic carbocycles. The standard InChI is InChI=1S/C35H48N12O18P2S/c1-35(2,3)64-34(51)43-18(7-4-5-11-42-68-30-19(47(52)53)8-6-10-38-30)32(49)63-27-22(62-31(26(27)48)46-17-41-25-28(37)39-16-40-29(25)46)15-60-67(57,58)65-20-13-24(45-12-9-23(36)44-33(45)50)61-21(20)14-59-66(54,55)56/h6,8-10,12,16-18,20-22,24,26-27,31,42,48H,4-5,7,11,13-15H2,1-3H3,(H,43,51)(H,57,58)(H2,36,44,50)(H2,37,39,40)(H2,54,55,56)/t18?,20-,21+,22+,24+,26+,27+,31+/m0/s1. The van der Waals surface area contributed by atoms with Gasteiger partial charge in [-0.1, -0.05) is 0 Å². The number of carbonyl (C=O) groups excluding carboxylic acids is 2. The molecule has 2 saturated heterocycles. The maximum Gasteiger partial charge on any atom is 0.472 e. The van der Waals surface area contributed by atoms with E-state index in [0.29, 0.717) is 6.42 Å². The van der Waals surface area contributed by atoms with Crippen molar-refractivity contribution in [2.75, 3.05) is 31.2 Å². The minimum Gasteiger partial charge on any atom is -0.455 e. The number of carbonyl (C=O) groups is 2. The van der Waals surface area contributed by atoms with Crippen LogP contribution in [-0.4, -0.2) is 133 Å². The molecule has 4 aromatic rings. The lowest BCUT2D eigenvalue weighted by atomic mass is 10.1. The van der Waals surface area contributed by atoms with Crippen LogP contribution in [0, 0.1) is 10.1 Å². The molecule has 0 bridgehead atoms. The Morgan fingerprint density at radius 3 is 2.51 bits per heavy atom. The number of anilines is 2. The highest BCUT2D eigenvalue weighted by Gasteiger charge is 2.50. The number of aliphatic hydroxyl groups excluding tert-OH is 1. The van der Waals surface area contributed by atoms with Crippen LogP contribution in [0.1, 0.15) is 58.9 Å². The Labute approximate surface area is 388 Å². The summed E-state index contributed by atoms with van der Waals surface area (Å²) in [4.78, 5) is 99.9. The molecule has 2 unspecified atom stereocenters. The topological polar surface area (TPSA) is 424 Å². The fraction of sp³-hybridized carbons (Fsp3) is 0.543. The highest BCUT2D eigenvalue weighted by atomic mass is 32.2. The molecule has 2 aliphatic rings. The summed E-state index contributed by atoms with van der Waals surface area (Å²) < 4.78 is 68.6. The molecule has 2 fully saturated rings. The van der Waals surface area contributed by atoms with Gasteiger partial charge in [0.05, 0.1) is 24.5 Å². The van der Waals surface area contributed by atoms with Gasteiger partial charge >= 0.3 is 39.1 Å². The van der Waals surface area contributed by atoms with Crippen LogP contribution in [0.15, 0.2) is 53.1 Å². The van der Waals surface area contributed by atoms with Gasteiger partial charge in [0.2, 0.25) is 0 Å². The second-order valence-electron chi connectivity index (χ2n) is 15.9. The summed E-state index contributed by atoms with van der Waals surface area (Å²) in [5, 5.41) is 25.7. The van der Waals surface area contributed by atoms with E-state index in [0.717, 1.165) is 22.8 Å². The van der Waals surface area contributed by atoms with E-state index < -0.39 is 106 Å².